The zero-order valence-corrected chi connectivity index (χ0v) is 13.8. The average molecular weight is 343 g/mol. The Kier molecular flexibility index (Phi) is 4.56. The van der Waals surface area contributed by atoms with Gasteiger partial charge in [-0.3, -0.25) is 9.36 Å². The molecule has 0 saturated heterocycles. The molecule has 24 heavy (non-hydrogen) atoms. The molecule has 3 N–H and O–H groups in total. The predicted molar refractivity (Wildman–Crippen MR) is 93.5 cm³/mol. The predicted octanol–water partition coefficient (Wildman–Crippen LogP) is 3.81. The number of aromatic amines is 1. The number of para-hydroxylation sites is 1. The number of fused-ring (bicyclic) bond motifs is 1. The lowest BCUT2D eigenvalue weighted by Crippen LogP contribution is -2.16. The summed E-state index contributed by atoms with van der Waals surface area (Å²) >= 11 is 0. The van der Waals surface area contributed by atoms with Gasteiger partial charge in [0.1, 0.15) is 0 Å². The molecule has 0 aliphatic carbocycles. The van der Waals surface area contributed by atoms with Crippen molar-refractivity contribution in [1.82, 2.24) is 4.98 Å². The highest BCUT2D eigenvalue weighted by Gasteiger charge is 2.31. The zero-order chi connectivity index (χ0) is 17.2. The molecule has 3 aromatic rings. The first-order valence-electron chi connectivity index (χ1n) is 7.60. The quantitative estimate of drug-likeness (QED) is 0.594. The smallest absolute Gasteiger partial charge is 0.311 e. The summed E-state index contributed by atoms with van der Waals surface area (Å²) in [7, 11) is -3.64. The molecular formula is C18H18NO4P. The van der Waals surface area contributed by atoms with E-state index in [0.717, 1.165) is 16.5 Å². The minimum atomic E-state index is -3.64. The number of carboxylic acid groups (broad SMARTS) is 1. The normalized spacial score (nSPS) is 15.0. The fraction of sp³-hybridized carbons (Fsp3) is 0.167. The summed E-state index contributed by atoms with van der Waals surface area (Å²) in [5, 5.41) is 10.4. The molecule has 124 valence electrons. The van der Waals surface area contributed by atoms with Gasteiger partial charge >= 0.3 is 5.97 Å². The highest BCUT2D eigenvalue weighted by Crippen LogP contribution is 2.48. The molecule has 0 aliphatic rings. The molecule has 5 nitrogen and oxygen atoms in total. The van der Waals surface area contributed by atoms with Gasteiger partial charge in [-0.15, -0.1) is 0 Å². The van der Waals surface area contributed by atoms with Crippen molar-refractivity contribution in [1.29, 1.82) is 0 Å². The number of nitrogens with one attached hydrogen (secondary N) is 1. The van der Waals surface area contributed by atoms with Gasteiger partial charge in [-0.1, -0.05) is 48.5 Å². The van der Waals surface area contributed by atoms with Crippen molar-refractivity contribution in [2.24, 2.45) is 0 Å². The second kappa shape index (κ2) is 6.63. The minimum absolute atomic E-state index is 0.0278. The second-order valence-corrected chi connectivity index (χ2v) is 8.23. The number of H-pyrrole nitrogens is 1. The summed E-state index contributed by atoms with van der Waals surface area (Å²) in [4.78, 5) is 25.1. The summed E-state index contributed by atoms with van der Waals surface area (Å²) < 4.78 is 12.6. The molecule has 1 aromatic heterocycles. The fourth-order valence-corrected chi connectivity index (χ4v) is 4.74. The summed E-state index contributed by atoms with van der Waals surface area (Å²) in [6.07, 6.45) is 1.30. The third-order valence-electron chi connectivity index (χ3n) is 4.04. The van der Waals surface area contributed by atoms with Crippen molar-refractivity contribution in [3.63, 3.8) is 0 Å². The maximum Gasteiger partial charge on any atom is 0.311 e. The summed E-state index contributed by atoms with van der Waals surface area (Å²) in [6.45, 7) is 0. The second-order valence-electron chi connectivity index (χ2n) is 5.85. The van der Waals surface area contributed by atoms with Crippen LogP contribution in [0.25, 0.3) is 10.9 Å². The van der Waals surface area contributed by atoms with Gasteiger partial charge in [-0.2, -0.15) is 0 Å². The molecule has 0 bridgehead atoms. The average Bonchev–Trinajstić information content (AvgIpc) is 2.97. The van der Waals surface area contributed by atoms with E-state index in [1.165, 1.54) is 0 Å². The lowest BCUT2D eigenvalue weighted by molar-refractivity contribution is -0.138. The van der Waals surface area contributed by atoms with Crippen LogP contribution in [-0.2, 0) is 15.5 Å². The summed E-state index contributed by atoms with van der Waals surface area (Å²) in [6, 6.07) is 16.3. The van der Waals surface area contributed by atoms with Crippen molar-refractivity contribution < 1.29 is 19.4 Å². The fourth-order valence-electron chi connectivity index (χ4n) is 2.91. The van der Waals surface area contributed by atoms with Gasteiger partial charge in [0.15, 0.2) is 0 Å². The van der Waals surface area contributed by atoms with Crippen molar-refractivity contribution >= 4 is 24.2 Å². The Balaban J connectivity index is 1.89. The lowest BCUT2D eigenvalue weighted by atomic mass is 10.0. The van der Waals surface area contributed by atoms with Crippen molar-refractivity contribution in [3.8, 4) is 0 Å². The third-order valence-corrected chi connectivity index (χ3v) is 5.83. The van der Waals surface area contributed by atoms with Gasteiger partial charge in [-0.25, -0.2) is 0 Å². The van der Waals surface area contributed by atoms with E-state index in [1.807, 2.05) is 30.3 Å². The minimum Gasteiger partial charge on any atom is -0.481 e. The first-order valence-corrected chi connectivity index (χ1v) is 9.63. The van der Waals surface area contributed by atoms with Crippen LogP contribution in [0, 0.1) is 0 Å². The Labute approximate surface area is 139 Å². The monoisotopic (exact) mass is 343 g/mol. The largest absolute Gasteiger partial charge is 0.481 e. The van der Waals surface area contributed by atoms with Crippen molar-refractivity contribution in [3.05, 3.63) is 71.9 Å². The molecule has 2 unspecified atom stereocenters. The number of benzene rings is 2. The molecule has 6 heteroatoms. The zero-order valence-electron chi connectivity index (χ0n) is 12.9. The van der Waals surface area contributed by atoms with E-state index in [4.69, 9.17) is 0 Å². The van der Waals surface area contributed by atoms with Crippen LogP contribution < -0.4 is 0 Å². The van der Waals surface area contributed by atoms with Gasteiger partial charge in [0.2, 0.25) is 7.37 Å². The van der Waals surface area contributed by atoms with Crippen LogP contribution in [-0.4, -0.2) is 27.1 Å². The van der Waals surface area contributed by atoms with Crippen LogP contribution in [0.1, 0.15) is 17.0 Å². The van der Waals surface area contributed by atoms with Gasteiger partial charge < -0.3 is 15.0 Å². The van der Waals surface area contributed by atoms with Crippen LogP contribution >= 0.6 is 7.37 Å². The third kappa shape index (κ3) is 3.58. The van der Waals surface area contributed by atoms with Crippen LogP contribution in [0.5, 0.6) is 0 Å². The van der Waals surface area contributed by atoms with E-state index >= 15 is 0 Å². The highest BCUT2D eigenvalue weighted by molar-refractivity contribution is 7.57. The molecule has 0 amide bonds. The molecule has 1 heterocycles. The number of aliphatic carboxylic acids is 1. The molecule has 3 rings (SSSR count). The molecule has 0 saturated carbocycles. The van der Waals surface area contributed by atoms with Gasteiger partial charge in [-0.05, 0) is 17.2 Å². The van der Waals surface area contributed by atoms with Gasteiger partial charge in [0.25, 0.3) is 0 Å². The molecule has 0 fully saturated rings. The van der Waals surface area contributed by atoms with Crippen LogP contribution in [0.3, 0.4) is 0 Å². The van der Waals surface area contributed by atoms with E-state index in [9.17, 15) is 19.4 Å². The first-order chi connectivity index (χ1) is 11.5. The maximum atomic E-state index is 12.6. The number of carboxylic acids is 1. The maximum absolute atomic E-state index is 12.6. The molecule has 0 aliphatic heterocycles. The standard InChI is InChI=1S/C18H18NO4P/c20-18(21)16(15-10-19-17-9-5-4-8-14(15)17)12-24(22,23)11-13-6-2-1-3-7-13/h1-10,16,19H,11-12H2,(H,20,21)(H,22,23). The lowest BCUT2D eigenvalue weighted by Gasteiger charge is -2.17. The number of rotatable bonds is 6. The highest BCUT2D eigenvalue weighted by atomic mass is 31.2. The topological polar surface area (TPSA) is 90.4 Å². The van der Waals surface area contributed by atoms with E-state index in [0.29, 0.717) is 5.56 Å². The molecule has 2 atom stereocenters. The number of carbonyl (C=O) groups is 1. The number of hydrogen-bond donors (Lipinski definition) is 3. The number of aromatic nitrogens is 1. The van der Waals surface area contributed by atoms with Gasteiger partial charge in [0, 0.05) is 29.4 Å². The van der Waals surface area contributed by atoms with Crippen molar-refractivity contribution in [2.75, 3.05) is 6.16 Å². The molecule has 0 radical (unpaired) electrons. The molecular weight excluding hydrogens is 325 g/mol. The first kappa shape index (κ1) is 16.5. The Hall–Kier alpha value is -2.36. The summed E-state index contributed by atoms with van der Waals surface area (Å²) in [5.41, 5.74) is 2.08. The van der Waals surface area contributed by atoms with Crippen LogP contribution in [0.2, 0.25) is 0 Å². The Morgan fingerprint density at radius 1 is 1.08 bits per heavy atom. The Bertz CT molecular complexity index is 904. The van der Waals surface area contributed by atoms with Gasteiger partial charge in [0.05, 0.1) is 5.92 Å². The van der Waals surface area contributed by atoms with Crippen LogP contribution in [0.4, 0.5) is 0 Å². The molecule has 2 aromatic carbocycles. The Morgan fingerprint density at radius 2 is 1.75 bits per heavy atom. The number of hydrogen-bond acceptors (Lipinski definition) is 2. The SMILES string of the molecule is O=C(O)C(CP(=O)(O)Cc1ccccc1)c1c[nH]c2ccccc12. The van der Waals surface area contributed by atoms with Crippen molar-refractivity contribution in [2.45, 2.75) is 12.1 Å². The Morgan fingerprint density at radius 3 is 2.46 bits per heavy atom. The van der Waals surface area contributed by atoms with E-state index in [2.05, 4.69) is 4.98 Å². The van der Waals surface area contributed by atoms with E-state index < -0.39 is 19.3 Å². The molecule has 0 spiro atoms. The van der Waals surface area contributed by atoms with E-state index in [-0.39, 0.29) is 12.3 Å². The van der Waals surface area contributed by atoms with Crippen LogP contribution in [0.15, 0.2) is 60.8 Å². The summed E-state index contributed by atoms with van der Waals surface area (Å²) in [5.74, 6) is -2.12. The van der Waals surface area contributed by atoms with E-state index in [1.54, 1.807) is 30.5 Å².